The number of aliphatic hydroxyl groups excluding tert-OH is 1. The number of anilines is 1. The third-order valence-corrected chi connectivity index (χ3v) is 4.02. The van der Waals surface area contributed by atoms with Crippen molar-refractivity contribution in [3.05, 3.63) is 30.4 Å². The average Bonchev–Trinajstić information content (AvgIpc) is 2.80. The molecule has 0 bridgehead atoms. The van der Waals surface area contributed by atoms with Crippen LogP contribution in [0.25, 0.3) is 0 Å². The minimum Gasteiger partial charge on any atom is -0.516 e. The molecule has 1 saturated heterocycles. The molecular weight excluding hydrogens is 352 g/mol. The van der Waals surface area contributed by atoms with E-state index in [0.29, 0.717) is 16.9 Å². The van der Waals surface area contributed by atoms with Gasteiger partial charge in [0, 0.05) is 13.1 Å². The van der Waals surface area contributed by atoms with Crippen molar-refractivity contribution in [1.82, 2.24) is 14.9 Å². The van der Waals surface area contributed by atoms with Crippen LogP contribution in [-0.2, 0) is 4.79 Å². The molecule has 1 aromatic rings. The second-order valence-electron chi connectivity index (χ2n) is 7.66. The molecule has 1 unspecified atom stereocenters. The molecule has 1 amide bonds. The van der Waals surface area contributed by atoms with Crippen LogP contribution in [0.1, 0.15) is 41.5 Å². The Morgan fingerprint density at radius 1 is 1.46 bits per heavy atom. The maximum absolute atomic E-state index is 12.1. The summed E-state index contributed by atoms with van der Waals surface area (Å²) in [5.74, 6) is 2.00. The highest BCUT2D eigenvalue weighted by Crippen LogP contribution is 2.34. The second kappa shape index (κ2) is 11.7. The summed E-state index contributed by atoms with van der Waals surface area (Å²) in [7, 11) is 0. The first-order chi connectivity index (χ1) is 12.0. The highest BCUT2D eigenvalue weighted by atomic mass is 35.5. The Morgan fingerprint density at radius 3 is 2.38 bits per heavy atom. The van der Waals surface area contributed by atoms with Gasteiger partial charge in [-0.25, -0.2) is 9.97 Å². The quantitative estimate of drug-likeness (QED) is 0.755. The normalized spacial score (nSPS) is 17.5. The molecule has 2 rings (SSSR count). The minimum absolute atomic E-state index is 0.0918. The van der Waals surface area contributed by atoms with Gasteiger partial charge in [-0.15, -0.1) is 0 Å². The predicted octanol–water partition coefficient (Wildman–Crippen LogP) is 4.40. The van der Waals surface area contributed by atoms with Crippen LogP contribution in [0.2, 0.25) is 5.15 Å². The molecule has 0 aliphatic carbocycles. The zero-order chi connectivity index (χ0) is 20.3. The Bertz CT molecular complexity index is 544. The highest BCUT2D eigenvalue weighted by molar-refractivity contribution is 6.29. The second-order valence-corrected chi connectivity index (χ2v) is 8.04. The van der Waals surface area contributed by atoms with E-state index < -0.39 is 0 Å². The number of halogens is 1. The summed E-state index contributed by atoms with van der Waals surface area (Å²) in [4.78, 5) is 22.0. The van der Waals surface area contributed by atoms with Crippen molar-refractivity contribution in [3.8, 4) is 0 Å². The number of aliphatic hydroxyl groups is 1. The van der Waals surface area contributed by atoms with E-state index in [1.54, 1.807) is 0 Å². The van der Waals surface area contributed by atoms with E-state index >= 15 is 0 Å². The molecule has 7 heteroatoms. The Labute approximate surface area is 162 Å². The molecular formula is C19H33ClN4O2. The maximum atomic E-state index is 12.1. The number of aromatic nitrogens is 2. The van der Waals surface area contributed by atoms with E-state index in [4.69, 9.17) is 16.7 Å². The SMILES string of the molecule is C=CO.CC(C)C.CC1CN(C(=O)CNc2cnc(Cl)cn2)CC1(C)C. The maximum Gasteiger partial charge on any atom is 0.241 e. The number of nitrogens with zero attached hydrogens (tertiary/aromatic N) is 3. The van der Waals surface area contributed by atoms with Gasteiger partial charge in [-0.3, -0.25) is 4.79 Å². The largest absolute Gasteiger partial charge is 0.516 e. The number of nitrogens with one attached hydrogen (secondary N) is 1. The molecule has 1 fully saturated rings. The first-order valence-electron chi connectivity index (χ1n) is 8.77. The summed E-state index contributed by atoms with van der Waals surface area (Å²) in [6.45, 7) is 17.9. The summed E-state index contributed by atoms with van der Waals surface area (Å²) in [5.41, 5.74) is 0.190. The molecule has 0 saturated carbocycles. The standard InChI is InChI=1S/C13H19ClN4O.C4H10.C2H4O/c1-9-7-18(8-13(9,2)3)12(19)6-17-11-5-15-10(14)4-16-11;1-4(2)3;1-2-3/h4-5,9H,6-8H2,1-3H3,(H,16,17);4H,1-3H3;2-3H,1H2. The summed E-state index contributed by atoms with van der Waals surface area (Å²) in [5, 5.41) is 10.6. The monoisotopic (exact) mass is 384 g/mol. The molecule has 1 aliphatic rings. The van der Waals surface area contributed by atoms with Gasteiger partial charge < -0.3 is 15.3 Å². The number of carbonyl (C=O) groups excluding carboxylic acids is 1. The average molecular weight is 385 g/mol. The van der Waals surface area contributed by atoms with Crippen molar-refractivity contribution in [3.63, 3.8) is 0 Å². The smallest absolute Gasteiger partial charge is 0.241 e. The van der Waals surface area contributed by atoms with Crippen molar-refractivity contribution in [2.24, 2.45) is 17.3 Å². The van der Waals surface area contributed by atoms with E-state index in [1.807, 2.05) is 4.90 Å². The fourth-order valence-electron chi connectivity index (χ4n) is 2.16. The molecule has 6 nitrogen and oxygen atoms in total. The molecule has 26 heavy (non-hydrogen) atoms. The first-order valence-corrected chi connectivity index (χ1v) is 9.15. The Hall–Kier alpha value is -1.82. The van der Waals surface area contributed by atoms with Gasteiger partial charge in [0.25, 0.3) is 0 Å². The van der Waals surface area contributed by atoms with Gasteiger partial charge in [0.05, 0.1) is 25.2 Å². The zero-order valence-corrected chi connectivity index (χ0v) is 17.5. The van der Waals surface area contributed by atoms with Crippen LogP contribution in [0, 0.1) is 17.3 Å². The van der Waals surface area contributed by atoms with Crippen molar-refractivity contribution in [2.75, 3.05) is 25.0 Å². The predicted molar refractivity (Wildman–Crippen MR) is 108 cm³/mol. The van der Waals surface area contributed by atoms with E-state index in [0.717, 1.165) is 25.3 Å². The van der Waals surface area contributed by atoms with Gasteiger partial charge in [0.1, 0.15) is 11.0 Å². The molecule has 148 valence electrons. The molecule has 0 aromatic carbocycles. The van der Waals surface area contributed by atoms with Crippen LogP contribution in [-0.4, -0.2) is 45.5 Å². The van der Waals surface area contributed by atoms with Gasteiger partial charge in [0.15, 0.2) is 0 Å². The van der Waals surface area contributed by atoms with Crippen molar-refractivity contribution in [1.29, 1.82) is 0 Å². The van der Waals surface area contributed by atoms with Crippen molar-refractivity contribution >= 4 is 23.3 Å². The first kappa shape index (κ1) is 24.2. The van der Waals surface area contributed by atoms with Gasteiger partial charge in [0.2, 0.25) is 5.91 Å². The molecule has 1 aliphatic heterocycles. The van der Waals surface area contributed by atoms with Gasteiger partial charge >= 0.3 is 0 Å². The minimum atomic E-state index is 0.0918. The molecule has 0 spiro atoms. The lowest BCUT2D eigenvalue weighted by Gasteiger charge is -2.22. The lowest BCUT2D eigenvalue weighted by atomic mass is 9.84. The molecule has 2 N–H and O–H groups in total. The number of hydrogen-bond donors (Lipinski definition) is 2. The third kappa shape index (κ3) is 9.61. The van der Waals surface area contributed by atoms with E-state index in [1.165, 1.54) is 12.4 Å². The zero-order valence-electron chi connectivity index (χ0n) is 16.8. The summed E-state index contributed by atoms with van der Waals surface area (Å²) >= 11 is 5.65. The molecule has 2 heterocycles. The van der Waals surface area contributed by atoms with E-state index in [9.17, 15) is 4.79 Å². The van der Waals surface area contributed by atoms with Gasteiger partial charge in [-0.1, -0.05) is 59.7 Å². The van der Waals surface area contributed by atoms with Gasteiger partial charge in [-0.2, -0.15) is 0 Å². The van der Waals surface area contributed by atoms with Crippen LogP contribution in [0.3, 0.4) is 0 Å². The fraction of sp³-hybridized carbons (Fsp3) is 0.632. The van der Waals surface area contributed by atoms with Crippen LogP contribution in [0.15, 0.2) is 25.2 Å². The van der Waals surface area contributed by atoms with E-state index in [2.05, 4.69) is 63.4 Å². The highest BCUT2D eigenvalue weighted by Gasteiger charge is 2.38. The molecule has 1 aromatic heterocycles. The number of likely N-dealkylation sites (tertiary alicyclic amines) is 1. The van der Waals surface area contributed by atoms with Crippen LogP contribution >= 0.6 is 11.6 Å². The third-order valence-electron chi connectivity index (χ3n) is 3.82. The topological polar surface area (TPSA) is 78.4 Å². The lowest BCUT2D eigenvalue weighted by molar-refractivity contribution is -0.128. The van der Waals surface area contributed by atoms with Gasteiger partial charge in [-0.05, 0) is 17.3 Å². The lowest BCUT2D eigenvalue weighted by Crippen LogP contribution is -2.34. The Kier molecular flexibility index (Phi) is 10.9. The summed E-state index contributed by atoms with van der Waals surface area (Å²) in [6.07, 6.45) is 3.72. The summed E-state index contributed by atoms with van der Waals surface area (Å²) < 4.78 is 0. The van der Waals surface area contributed by atoms with Crippen molar-refractivity contribution in [2.45, 2.75) is 41.5 Å². The number of hydrogen-bond acceptors (Lipinski definition) is 5. The van der Waals surface area contributed by atoms with E-state index in [-0.39, 0.29) is 17.9 Å². The van der Waals surface area contributed by atoms with Crippen molar-refractivity contribution < 1.29 is 9.90 Å². The number of carbonyl (C=O) groups is 1. The molecule has 1 atom stereocenters. The van der Waals surface area contributed by atoms with Crippen LogP contribution in [0.5, 0.6) is 0 Å². The van der Waals surface area contributed by atoms with Crippen LogP contribution in [0.4, 0.5) is 5.82 Å². The number of amides is 1. The fourth-order valence-corrected chi connectivity index (χ4v) is 2.26. The van der Waals surface area contributed by atoms with Crippen LogP contribution < -0.4 is 5.32 Å². The number of rotatable bonds is 3. The Balaban J connectivity index is 0.000000770. The summed E-state index contributed by atoms with van der Waals surface area (Å²) in [6, 6.07) is 0. The Morgan fingerprint density at radius 2 is 2.00 bits per heavy atom. The molecule has 0 radical (unpaired) electrons.